The zero-order valence-electron chi connectivity index (χ0n) is 13.1. The molecule has 1 amide bonds. The Morgan fingerprint density at radius 2 is 2.21 bits per heavy atom. The molecule has 7 heteroatoms. The van der Waals surface area contributed by atoms with Gasteiger partial charge in [0.2, 0.25) is 5.95 Å². The lowest BCUT2D eigenvalue weighted by Gasteiger charge is -2.08. The molecule has 3 aromatic rings. The van der Waals surface area contributed by atoms with Crippen molar-refractivity contribution < 1.29 is 9.53 Å². The van der Waals surface area contributed by atoms with Gasteiger partial charge in [0.05, 0.1) is 25.1 Å². The van der Waals surface area contributed by atoms with Crippen LogP contribution in [0.3, 0.4) is 0 Å². The van der Waals surface area contributed by atoms with E-state index >= 15 is 0 Å². The van der Waals surface area contributed by atoms with Crippen LogP contribution in [0.5, 0.6) is 0 Å². The van der Waals surface area contributed by atoms with Crippen LogP contribution in [0.25, 0.3) is 11.3 Å². The highest BCUT2D eigenvalue weighted by Crippen LogP contribution is 2.24. The minimum absolute atomic E-state index is 0.235. The van der Waals surface area contributed by atoms with Crippen LogP contribution in [0.2, 0.25) is 0 Å². The van der Waals surface area contributed by atoms with Gasteiger partial charge in [-0.15, -0.1) is 0 Å². The Bertz CT molecular complexity index is 919. The predicted octanol–water partition coefficient (Wildman–Crippen LogP) is 2.16. The molecule has 1 aromatic carbocycles. The molecule has 1 aliphatic rings. The fourth-order valence-electron chi connectivity index (χ4n) is 2.72. The summed E-state index contributed by atoms with van der Waals surface area (Å²) in [5, 5.41) is 6.89. The summed E-state index contributed by atoms with van der Waals surface area (Å²) in [6.07, 6.45) is 5.19. The zero-order chi connectivity index (χ0) is 16.5. The molecule has 1 N–H and O–H groups in total. The van der Waals surface area contributed by atoms with Gasteiger partial charge < -0.3 is 4.74 Å². The summed E-state index contributed by atoms with van der Waals surface area (Å²) >= 11 is 0. The monoisotopic (exact) mass is 321 g/mol. The number of carbonyl (C=O) groups is 1. The van der Waals surface area contributed by atoms with Gasteiger partial charge in [0.15, 0.2) is 0 Å². The largest absolute Gasteiger partial charge is 0.372 e. The molecule has 0 saturated heterocycles. The fourth-order valence-corrected chi connectivity index (χ4v) is 2.72. The van der Waals surface area contributed by atoms with Crippen molar-refractivity contribution in [3.63, 3.8) is 0 Å². The maximum absolute atomic E-state index is 12.6. The van der Waals surface area contributed by atoms with Crippen molar-refractivity contribution in [3.05, 3.63) is 59.5 Å². The number of nitrogens with one attached hydrogen (secondary N) is 1. The van der Waals surface area contributed by atoms with Crippen molar-refractivity contribution >= 4 is 11.9 Å². The van der Waals surface area contributed by atoms with Gasteiger partial charge in [-0.1, -0.05) is 12.1 Å². The van der Waals surface area contributed by atoms with Crippen LogP contribution < -0.4 is 5.32 Å². The van der Waals surface area contributed by atoms with E-state index in [1.54, 1.807) is 29.2 Å². The first-order chi connectivity index (χ1) is 11.7. The minimum Gasteiger partial charge on any atom is -0.372 e. The molecular weight excluding hydrogens is 306 g/mol. The van der Waals surface area contributed by atoms with Crippen LogP contribution in [-0.4, -0.2) is 25.7 Å². The Labute approximate surface area is 138 Å². The number of benzene rings is 1. The average molecular weight is 321 g/mol. The lowest BCUT2D eigenvalue weighted by atomic mass is 10.0. The molecule has 120 valence electrons. The molecular formula is C17H15N5O2. The highest BCUT2D eigenvalue weighted by atomic mass is 16.5. The standard InChI is InChI=1S/C17H15N5O2/c1-22-8-12(7-19-22)15-5-6-18-17(20-15)21-16(23)13-4-2-3-11-9-24-10-14(11)13/h2-8H,9-10H2,1H3,(H,18,20,21,23). The van der Waals surface area contributed by atoms with Crippen molar-refractivity contribution in [2.75, 3.05) is 5.32 Å². The first kappa shape index (κ1) is 14.5. The summed E-state index contributed by atoms with van der Waals surface area (Å²) < 4.78 is 7.11. The van der Waals surface area contributed by atoms with Gasteiger partial charge in [-0.3, -0.25) is 14.8 Å². The SMILES string of the molecule is Cn1cc(-c2ccnc(NC(=O)c3cccc4c3COC4)n2)cn1. The van der Waals surface area contributed by atoms with Gasteiger partial charge in [-0.05, 0) is 23.3 Å². The molecule has 24 heavy (non-hydrogen) atoms. The smallest absolute Gasteiger partial charge is 0.258 e. The van der Waals surface area contributed by atoms with Gasteiger partial charge in [-0.2, -0.15) is 5.10 Å². The lowest BCUT2D eigenvalue weighted by Crippen LogP contribution is -2.16. The molecule has 7 nitrogen and oxygen atoms in total. The van der Waals surface area contributed by atoms with Crippen molar-refractivity contribution in [2.24, 2.45) is 7.05 Å². The van der Waals surface area contributed by atoms with E-state index in [9.17, 15) is 4.79 Å². The highest BCUT2D eigenvalue weighted by molar-refractivity contribution is 6.04. The maximum atomic E-state index is 12.6. The summed E-state index contributed by atoms with van der Waals surface area (Å²) in [4.78, 5) is 21.1. The molecule has 0 radical (unpaired) electrons. The van der Waals surface area contributed by atoms with Crippen LogP contribution in [0, 0.1) is 0 Å². The summed E-state index contributed by atoms with van der Waals surface area (Å²) in [6.45, 7) is 0.999. The summed E-state index contributed by atoms with van der Waals surface area (Å²) in [5.41, 5.74) is 4.14. The van der Waals surface area contributed by atoms with E-state index in [0.29, 0.717) is 24.5 Å². The van der Waals surface area contributed by atoms with Crippen molar-refractivity contribution in [1.29, 1.82) is 0 Å². The van der Waals surface area contributed by atoms with E-state index in [0.717, 1.165) is 16.7 Å². The Balaban J connectivity index is 1.60. The highest BCUT2D eigenvalue weighted by Gasteiger charge is 2.20. The number of anilines is 1. The van der Waals surface area contributed by atoms with E-state index in [2.05, 4.69) is 20.4 Å². The number of ether oxygens (including phenoxy) is 1. The summed E-state index contributed by atoms with van der Waals surface area (Å²) in [6, 6.07) is 7.39. The number of fused-ring (bicyclic) bond motifs is 1. The molecule has 0 bridgehead atoms. The normalized spacial score (nSPS) is 12.9. The van der Waals surface area contributed by atoms with Crippen LogP contribution in [0.15, 0.2) is 42.9 Å². The minimum atomic E-state index is -0.235. The molecule has 0 saturated carbocycles. The summed E-state index contributed by atoms with van der Waals surface area (Å²) in [5.74, 6) is 0.0264. The Hall–Kier alpha value is -3.06. The lowest BCUT2D eigenvalue weighted by molar-refractivity contribution is 0.102. The molecule has 0 atom stereocenters. The topological polar surface area (TPSA) is 81.9 Å². The van der Waals surface area contributed by atoms with Crippen molar-refractivity contribution in [1.82, 2.24) is 19.7 Å². The van der Waals surface area contributed by atoms with Gasteiger partial charge in [-0.25, -0.2) is 9.97 Å². The van der Waals surface area contributed by atoms with E-state index in [4.69, 9.17) is 4.74 Å². The third-order valence-electron chi connectivity index (χ3n) is 3.90. The van der Waals surface area contributed by atoms with E-state index in [1.807, 2.05) is 25.4 Å². The molecule has 0 spiro atoms. The van der Waals surface area contributed by atoms with E-state index in [1.165, 1.54) is 0 Å². The second-order valence-corrected chi connectivity index (χ2v) is 5.56. The van der Waals surface area contributed by atoms with Gasteiger partial charge in [0, 0.05) is 30.6 Å². The Kier molecular flexibility index (Phi) is 3.55. The number of rotatable bonds is 3. The number of aryl methyl sites for hydroxylation is 1. The van der Waals surface area contributed by atoms with Crippen LogP contribution in [0.4, 0.5) is 5.95 Å². The molecule has 1 aliphatic heterocycles. The summed E-state index contributed by atoms with van der Waals surface area (Å²) in [7, 11) is 1.84. The number of hydrogen-bond acceptors (Lipinski definition) is 5. The van der Waals surface area contributed by atoms with Gasteiger partial charge in [0.25, 0.3) is 5.91 Å². The molecule has 3 heterocycles. The number of aromatic nitrogens is 4. The Morgan fingerprint density at radius 1 is 1.29 bits per heavy atom. The van der Waals surface area contributed by atoms with Crippen LogP contribution in [-0.2, 0) is 25.0 Å². The van der Waals surface area contributed by atoms with Crippen LogP contribution in [0.1, 0.15) is 21.5 Å². The predicted molar refractivity (Wildman–Crippen MR) is 87.1 cm³/mol. The number of carbonyl (C=O) groups excluding carboxylic acids is 1. The molecule has 0 unspecified atom stereocenters. The van der Waals surface area contributed by atoms with Crippen LogP contribution >= 0.6 is 0 Å². The van der Waals surface area contributed by atoms with E-state index < -0.39 is 0 Å². The van der Waals surface area contributed by atoms with Gasteiger partial charge in [0.1, 0.15) is 0 Å². The molecule has 2 aromatic heterocycles. The third kappa shape index (κ3) is 2.65. The van der Waals surface area contributed by atoms with E-state index in [-0.39, 0.29) is 11.9 Å². The molecule has 4 rings (SSSR count). The number of nitrogens with zero attached hydrogens (tertiary/aromatic N) is 4. The fraction of sp³-hybridized carbons (Fsp3) is 0.176. The zero-order valence-corrected chi connectivity index (χ0v) is 13.1. The number of amides is 1. The molecule has 0 aliphatic carbocycles. The first-order valence-corrected chi connectivity index (χ1v) is 7.52. The number of hydrogen-bond donors (Lipinski definition) is 1. The van der Waals surface area contributed by atoms with Crippen molar-refractivity contribution in [2.45, 2.75) is 13.2 Å². The average Bonchev–Trinajstić information content (AvgIpc) is 3.23. The second-order valence-electron chi connectivity index (χ2n) is 5.56. The first-order valence-electron chi connectivity index (χ1n) is 7.52. The second kappa shape index (κ2) is 5.86. The third-order valence-corrected chi connectivity index (χ3v) is 3.90. The maximum Gasteiger partial charge on any atom is 0.258 e. The molecule has 0 fully saturated rings. The van der Waals surface area contributed by atoms with Crippen molar-refractivity contribution in [3.8, 4) is 11.3 Å². The Morgan fingerprint density at radius 3 is 3.04 bits per heavy atom. The quantitative estimate of drug-likeness (QED) is 0.799. The van der Waals surface area contributed by atoms with Gasteiger partial charge >= 0.3 is 0 Å².